The largest absolute Gasteiger partial charge is 0.328 e. The number of anilines is 2. The van der Waals surface area contributed by atoms with Gasteiger partial charge in [-0.25, -0.2) is 14.5 Å². The second-order valence-electron chi connectivity index (χ2n) is 6.64. The van der Waals surface area contributed by atoms with Gasteiger partial charge in [0.25, 0.3) is 0 Å². The molecule has 2 N–H and O–H groups in total. The quantitative estimate of drug-likeness (QED) is 0.817. The molecule has 0 spiro atoms. The normalized spacial score (nSPS) is 15.1. The molecule has 0 saturated carbocycles. The summed E-state index contributed by atoms with van der Waals surface area (Å²) >= 11 is 0. The number of aryl methyl sites for hydroxylation is 2. The number of carbonyl (C=O) groups excluding carboxylic acids is 2. The number of rotatable bonds is 6. The van der Waals surface area contributed by atoms with Crippen LogP contribution in [0.15, 0.2) is 24.5 Å². The maximum Gasteiger partial charge on any atom is 0.319 e. The van der Waals surface area contributed by atoms with Gasteiger partial charge in [0, 0.05) is 30.9 Å². The molecule has 3 amide bonds. The molecule has 1 atom stereocenters. The zero-order valence-electron chi connectivity index (χ0n) is 16.0. The van der Waals surface area contributed by atoms with Gasteiger partial charge in [-0.15, -0.1) is 0 Å². The zero-order valence-corrected chi connectivity index (χ0v) is 16.0. The van der Waals surface area contributed by atoms with Crippen LogP contribution < -0.4 is 15.5 Å². The summed E-state index contributed by atoms with van der Waals surface area (Å²) < 4.78 is 1.78. The second-order valence-corrected chi connectivity index (χ2v) is 6.64. The summed E-state index contributed by atoms with van der Waals surface area (Å²) in [4.78, 5) is 30.5. The van der Waals surface area contributed by atoms with Crippen LogP contribution in [0, 0.1) is 6.92 Å². The number of nitrogens with one attached hydrogen (secondary N) is 2. The number of urea groups is 1. The highest BCUT2D eigenvalue weighted by Gasteiger charge is 2.23. The highest BCUT2D eigenvalue weighted by Crippen LogP contribution is 2.27. The van der Waals surface area contributed by atoms with Crippen LogP contribution in [0.2, 0.25) is 0 Å². The Bertz CT molecular complexity index is 831. The molecule has 1 aromatic carbocycles. The predicted octanol–water partition coefficient (Wildman–Crippen LogP) is 3.01. The number of amides is 3. The topological polar surface area (TPSA) is 92.2 Å². The van der Waals surface area contributed by atoms with Crippen LogP contribution in [-0.4, -0.2) is 33.2 Å². The smallest absolute Gasteiger partial charge is 0.319 e. The van der Waals surface area contributed by atoms with E-state index in [4.69, 9.17) is 0 Å². The molecule has 0 radical (unpaired) electrons. The Kier molecular flexibility index (Phi) is 5.73. The lowest BCUT2D eigenvalue weighted by molar-refractivity contribution is -0.117. The fourth-order valence-electron chi connectivity index (χ4n) is 3.40. The summed E-state index contributed by atoms with van der Waals surface area (Å²) in [5, 5.41) is 9.98. The third kappa shape index (κ3) is 4.10. The van der Waals surface area contributed by atoms with E-state index in [-0.39, 0.29) is 18.0 Å². The second kappa shape index (κ2) is 8.20. The van der Waals surface area contributed by atoms with E-state index in [1.165, 1.54) is 6.33 Å². The molecule has 2 aromatic rings. The van der Waals surface area contributed by atoms with Crippen LogP contribution in [0.4, 0.5) is 16.2 Å². The average Bonchev–Trinajstić information content (AvgIpc) is 3.28. The number of benzene rings is 1. The first kappa shape index (κ1) is 18.9. The van der Waals surface area contributed by atoms with Crippen molar-refractivity contribution in [1.29, 1.82) is 0 Å². The van der Waals surface area contributed by atoms with E-state index in [0.29, 0.717) is 25.1 Å². The Balaban J connectivity index is 1.67. The number of carbonyl (C=O) groups is 2. The lowest BCUT2D eigenvalue weighted by Gasteiger charge is -2.20. The van der Waals surface area contributed by atoms with Gasteiger partial charge in [-0.3, -0.25) is 4.79 Å². The molecule has 1 aliphatic heterocycles. The summed E-state index contributed by atoms with van der Waals surface area (Å²) in [7, 11) is 0. The van der Waals surface area contributed by atoms with Crippen molar-refractivity contribution in [2.75, 3.05) is 16.8 Å². The van der Waals surface area contributed by atoms with Crippen molar-refractivity contribution in [2.45, 2.75) is 52.6 Å². The molecule has 1 saturated heterocycles. The Morgan fingerprint density at radius 1 is 1.33 bits per heavy atom. The van der Waals surface area contributed by atoms with Crippen LogP contribution in [0.1, 0.15) is 50.5 Å². The van der Waals surface area contributed by atoms with E-state index < -0.39 is 0 Å². The molecule has 8 nitrogen and oxygen atoms in total. The van der Waals surface area contributed by atoms with Gasteiger partial charge in [0.05, 0.1) is 6.04 Å². The molecule has 3 rings (SSSR count). The molecular formula is C19H26N6O2. The van der Waals surface area contributed by atoms with Crippen LogP contribution in [-0.2, 0) is 11.3 Å². The number of nitrogens with zero attached hydrogens (tertiary/aromatic N) is 4. The van der Waals surface area contributed by atoms with Crippen molar-refractivity contribution in [3.05, 3.63) is 35.9 Å². The lowest BCUT2D eigenvalue weighted by atomic mass is 10.1. The Hall–Kier alpha value is -2.90. The van der Waals surface area contributed by atoms with Gasteiger partial charge in [-0.2, -0.15) is 5.10 Å². The summed E-state index contributed by atoms with van der Waals surface area (Å²) in [5.74, 6) is 0.900. The third-order valence-corrected chi connectivity index (χ3v) is 4.79. The van der Waals surface area contributed by atoms with Crippen LogP contribution in [0.3, 0.4) is 0 Å². The Morgan fingerprint density at radius 2 is 2.15 bits per heavy atom. The highest BCUT2D eigenvalue weighted by molar-refractivity contribution is 5.96. The average molecular weight is 370 g/mol. The summed E-state index contributed by atoms with van der Waals surface area (Å²) in [6.45, 7) is 7.38. The monoisotopic (exact) mass is 370 g/mol. The minimum absolute atomic E-state index is 0.155. The lowest BCUT2D eigenvalue weighted by Crippen LogP contribution is -2.34. The van der Waals surface area contributed by atoms with Crippen molar-refractivity contribution in [1.82, 2.24) is 20.1 Å². The van der Waals surface area contributed by atoms with Gasteiger partial charge in [-0.1, -0.05) is 6.92 Å². The molecule has 0 aliphatic carbocycles. The predicted molar refractivity (Wildman–Crippen MR) is 104 cm³/mol. The molecule has 1 fully saturated rings. The van der Waals surface area contributed by atoms with Gasteiger partial charge in [0.2, 0.25) is 5.91 Å². The summed E-state index contributed by atoms with van der Waals surface area (Å²) in [6.07, 6.45) is 3.70. The van der Waals surface area contributed by atoms with E-state index in [2.05, 4.69) is 20.7 Å². The number of aromatic nitrogens is 3. The van der Waals surface area contributed by atoms with E-state index in [1.54, 1.807) is 4.68 Å². The molecule has 144 valence electrons. The molecule has 1 aromatic heterocycles. The maximum absolute atomic E-state index is 12.4. The van der Waals surface area contributed by atoms with Gasteiger partial charge in [-0.05, 0) is 50.5 Å². The van der Waals surface area contributed by atoms with Crippen molar-refractivity contribution < 1.29 is 9.59 Å². The molecule has 27 heavy (non-hydrogen) atoms. The fraction of sp³-hybridized carbons (Fsp3) is 0.474. The SMILES string of the molecule is CC[C@@H](NC(=O)Nc1ccc(N2CCCC2=O)c(C)c1)c1ncnn1CC. The van der Waals surface area contributed by atoms with E-state index in [0.717, 1.165) is 30.0 Å². The number of hydrogen-bond acceptors (Lipinski definition) is 4. The zero-order chi connectivity index (χ0) is 19.4. The third-order valence-electron chi connectivity index (χ3n) is 4.79. The van der Waals surface area contributed by atoms with E-state index >= 15 is 0 Å². The Labute approximate surface area is 159 Å². The van der Waals surface area contributed by atoms with Crippen molar-refractivity contribution in [3.8, 4) is 0 Å². The van der Waals surface area contributed by atoms with Crippen molar-refractivity contribution in [2.24, 2.45) is 0 Å². The van der Waals surface area contributed by atoms with Crippen LogP contribution in [0.5, 0.6) is 0 Å². The van der Waals surface area contributed by atoms with Gasteiger partial charge in [0.1, 0.15) is 12.2 Å². The Morgan fingerprint density at radius 3 is 2.78 bits per heavy atom. The molecule has 1 aliphatic rings. The molecule has 2 heterocycles. The minimum atomic E-state index is -0.295. The first-order chi connectivity index (χ1) is 13.0. The highest BCUT2D eigenvalue weighted by atomic mass is 16.2. The summed E-state index contributed by atoms with van der Waals surface area (Å²) in [5.41, 5.74) is 2.55. The van der Waals surface area contributed by atoms with Gasteiger partial charge in [0.15, 0.2) is 0 Å². The van der Waals surface area contributed by atoms with Crippen molar-refractivity contribution >= 4 is 23.3 Å². The van der Waals surface area contributed by atoms with Crippen molar-refractivity contribution in [3.63, 3.8) is 0 Å². The molecular weight excluding hydrogens is 344 g/mol. The van der Waals surface area contributed by atoms with E-state index in [9.17, 15) is 9.59 Å². The standard InChI is InChI=1S/C19H26N6O2/c1-4-15(18-20-12-21-25(18)5-2)23-19(27)22-14-8-9-16(13(3)11-14)24-10-6-7-17(24)26/h8-9,11-12,15H,4-7,10H2,1-3H3,(H2,22,23,27)/t15-/m1/s1. The first-order valence-electron chi connectivity index (χ1n) is 9.39. The van der Waals surface area contributed by atoms with Gasteiger partial charge >= 0.3 is 6.03 Å². The van der Waals surface area contributed by atoms with Crippen LogP contribution >= 0.6 is 0 Å². The molecule has 0 unspecified atom stereocenters. The molecule has 0 bridgehead atoms. The fourth-order valence-corrected chi connectivity index (χ4v) is 3.40. The van der Waals surface area contributed by atoms with Crippen LogP contribution in [0.25, 0.3) is 0 Å². The minimum Gasteiger partial charge on any atom is -0.328 e. The van der Waals surface area contributed by atoms with E-state index in [1.807, 2.05) is 43.9 Å². The maximum atomic E-state index is 12.4. The number of hydrogen-bond donors (Lipinski definition) is 2. The van der Waals surface area contributed by atoms with Gasteiger partial charge < -0.3 is 15.5 Å². The summed E-state index contributed by atoms with van der Waals surface area (Å²) in [6, 6.07) is 5.09. The first-order valence-corrected chi connectivity index (χ1v) is 9.39. The molecule has 8 heteroatoms.